The summed E-state index contributed by atoms with van der Waals surface area (Å²) >= 11 is 0. The van der Waals surface area contributed by atoms with Crippen LogP contribution < -0.4 is 42.6 Å². The average Bonchev–Trinajstić information content (AvgIpc) is 1.28. The highest BCUT2D eigenvalue weighted by molar-refractivity contribution is 5.74. The van der Waals surface area contributed by atoms with E-state index in [4.69, 9.17) is 47.4 Å². The van der Waals surface area contributed by atoms with Crippen LogP contribution in [0.5, 0.6) is 51.7 Å². The van der Waals surface area contributed by atoms with Gasteiger partial charge in [-0.05, 0) is 154 Å². The summed E-state index contributed by atoms with van der Waals surface area (Å²) < 4.78 is 61.9. The molecular formula is C70H95N5O12. The van der Waals surface area contributed by atoms with Gasteiger partial charge in [0.1, 0.15) is 35.5 Å². The first-order valence-corrected chi connectivity index (χ1v) is 31.8. The van der Waals surface area contributed by atoms with E-state index in [0.29, 0.717) is 50.6 Å². The molecule has 0 aliphatic carbocycles. The summed E-state index contributed by atoms with van der Waals surface area (Å²) in [6.07, 6.45) is 9.59. The molecule has 0 spiro atoms. The summed E-state index contributed by atoms with van der Waals surface area (Å²) in [5.41, 5.74) is 13.4. The minimum Gasteiger partial charge on any atom is -0.496 e. The third-order valence-electron chi connectivity index (χ3n) is 19.4. The van der Waals surface area contributed by atoms with Crippen molar-refractivity contribution in [1.82, 2.24) is 19.6 Å². The molecule has 7 aliphatic heterocycles. The van der Waals surface area contributed by atoms with Gasteiger partial charge >= 0.3 is 6.09 Å². The molecule has 472 valence electrons. The van der Waals surface area contributed by atoms with E-state index in [-0.39, 0.29) is 80.7 Å². The van der Waals surface area contributed by atoms with E-state index in [0.717, 1.165) is 141 Å². The van der Waals surface area contributed by atoms with Crippen LogP contribution in [0.25, 0.3) is 0 Å². The summed E-state index contributed by atoms with van der Waals surface area (Å²) in [6.45, 7) is 30.6. The molecule has 0 saturated carbocycles. The van der Waals surface area contributed by atoms with Crippen molar-refractivity contribution in [2.75, 3.05) is 68.3 Å². The van der Waals surface area contributed by atoms with Gasteiger partial charge in [0.2, 0.25) is 13.6 Å². The molecule has 3 unspecified atom stereocenters. The lowest BCUT2D eigenvalue weighted by atomic mass is 9.71. The lowest BCUT2D eigenvalue weighted by molar-refractivity contribution is -0.0737. The lowest BCUT2D eigenvalue weighted by Crippen LogP contribution is -2.68. The average molecular weight is 1200 g/mol. The summed E-state index contributed by atoms with van der Waals surface area (Å²) in [7, 11) is 7.65. The van der Waals surface area contributed by atoms with Gasteiger partial charge in [-0.1, -0.05) is 65.3 Å². The van der Waals surface area contributed by atoms with Crippen molar-refractivity contribution in [3.8, 4) is 57.8 Å². The second-order valence-electron chi connectivity index (χ2n) is 25.7. The Morgan fingerprint density at radius 1 is 0.667 bits per heavy atom. The number of methoxy groups -OCH3 is 2. The molecule has 11 rings (SSSR count). The van der Waals surface area contributed by atoms with E-state index < -0.39 is 5.60 Å². The Kier molecular flexibility index (Phi) is 18.9. The highest BCUT2D eigenvalue weighted by Crippen LogP contribution is 2.60. The molecule has 7 heterocycles. The van der Waals surface area contributed by atoms with Crippen molar-refractivity contribution in [3.63, 3.8) is 0 Å². The van der Waals surface area contributed by atoms with Crippen LogP contribution in [0.15, 0.2) is 24.8 Å². The number of rotatable bonds is 17. The van der Waals surface area contributed by atoms with Crippen molar-refractivity contribution in [1.29, 1.82) is 5.26 Å². The number of nitriles is 1. The van der Waals surface area contributed by atoms with Gasteiger partial charge in [0.25, 0.3) is 0 Å². The molecule has 4 aromatic rings. The summed E-state index contributed by atoms with van der Waals surface area (Å²) in [5, 5.41) is 21.4. The Morgan fingerprint density at radius 2 is 1.20 bits per heavy atom. The molecule has 0 radical (unpaired) electrons. The first kappa shape index (κ1) is 63.4. The predicted octanol–water partition coefficient (Wildman–Crippen LogP) is 12.7. The number of benzene rings is 4. The Labute approximate surface area is 516 Å². The van der Waals surface area contributed by atoms with Crippen molar-refractivity contribution in [2.45, 2.75) is 207 Å². The SMILES string of the molecule is C=CCOc1c(OC)c(C)cc2c1C1[C@@H]3Cc4c(OCCCC)c(C)c5c(c4[C@H](CC)N3[C@@H](C#N)[C@H](C2)N1C)OCO5.CCCCOc1c(C)c2c(c3c1C[C@@H](C1c4c(cc(C)c(OC)c4C)CC(CO)N1C)N(C(=O)OC(C)(C)C)[C@H]3CC)OCO2. The maximum absolute atomic E-state index is 14.4. The number of hydrogen-bond acceptors (Lipinski definition) is 16. The topological polar surface area (TPSA) is 166 Å². The zero-order valence-electron chi connectivity index (χ0n) is 54.6. The Balaban J connectivity index is 0.000000193. The summed E-state index contributed by atoms with van der Waals surface area (Å²) in [6, 6.07) is 5.87. The van der Waals surface area contributed by atoms with Crippen LogP contribution in [0.3, 0.4) is 0 Å². The number of carbonyl (C=O) groups is 1. The standard InChI is InChI=1S/C36H52N2O7.C34H43N3O5/c1-11-13-14-42-32-22(5)33-34(44-19-43-33)29-25(32)17-27(38(26(29)12-2)35(40)45-36(6,7)8)30-28-21(4)31(41-10)20(3)15-23(28)16-24(18-39)37(30)9;1-8-11-13-40-31-20(5)32-34(42-18-41-32)28-22(31)16-25-29-27-21(14-19(4)30(38-7)33(27)39-12-9-2)15-24(36(29)6)26(17-35)37(25)23(28)10-3/h15,24,26-27,30,39H,11-14,16-19H2,1-10H3;9,14,23-26,29H,2,8,10-13,15-16,18H2,1,3-7H3/t24?,26-,27-,30?;23-,24-,25-,26-,29?/m00/s1. The summed E-state index contributed by atoms with van der Waals surface area (Å²) in [5.74, 6) is 7.14. The molecular weight excluding hydrogens is 1100 g/mol. The fraction of sp³-hybridized carbons (Fsp3) is 0.600. The highest BCUT2D eigenvalue weighted by atomic mass is 16.7. The molecule has 4 aromatic carbocycles. The monoisotopic (exact) mass is 1200 g/mol. The first-order chi connectivity index (χ1) is 41.8. The quantitative estimate of drug-likeness (QED) is 0.0783. The number of unbranched alkanes of at least 4 members (excludes halogenated alkanes) is 2. The van der Waals surface area contributed by atoms with Gasteiger partial charge in [-0.3, -0.25) is 19.6 Å². The Morgan fingerprint density at radius 3 is 1.71 bits per heavy atom. The van der Waals surface area contributed by atoms with Crippen molar-refractivity contribution in [2.24, 2.45) is 0 Å². The Hall–Kier alpha value is -6.58. The molecule has 1 N–H and O–H groups in total. The van der Waals surface area contributed by atoms with Crippen LogP contribution in [0.1, 0.15) is 183 Å². The Bertz CT molecular complexity index is 3290. The number of aliphatic hydroxyl groups excluding tert-OH is 1. The van der Waals surface area contributed by atoms with E-state index in [1.54, 1.807) is 20.3 Å². The minimum atomic E-state index is -0.691. The van der Waals surface area contributed by atoms with E-state index in [9.17, 15) is 15.2 Å². The van der Waals surface area contributed by atoms with E-state index in [1.165, 1.54) is 16.7 Å². The number of ether oxygens (including phenoxy) is 10. The molecule has 9 atom stereocenters. The predicted molar refractivity (Wildman–Crippen MR) is 335 cm³/mol. The number of carbonyl (C=O) groups excluding carboxylic acids is 1. The fourth-order valence-corrected chi connectivity index (χ4v) is 15.8. The van der Waals surface area contributed by atoms with Crippen LogP contribution in [-0.4, -0.2) is 135 Å². The molecule has 2 bridgehead atoms. The maximum Gasteiger partial charge on any atom is 0.411 e. The van der Waals surface area contributed by atoms with Gasteiger partial charge in [0.05, 0.1) is 64.3 Å². The highest BCUT2D eigenvalue weighted by Gasteiger charge is 2.57. The number of aliphatic hydroxyl groups is 1. The molecule has 0 aromatic heterocycles. The fourth-order valence-electron chi connectivity index (χ4n) is 15.8. The smallest absolute Gasteiger partial charge is 0.411 e. The van der Waals surface area contributed by atoms with Crippen molar-refractivity contribution >= 4 is 6.09 Å². The van der Waals surface area contributed by atoms with Gasteiger partial charge in [-0.15, -0.1) is 0 Å². The number of piperazine rings is 1. The number of aryl methyl sites for hydroxylation is 2. The number of hydrogen-bond donors (Lipinski definition) is 1. The maximum atomic E-state index is 14.4. The van der Waals surface area contributed by atoms with Crippen molar-refractivity contribution in [3.05, 3.63) is 97.1 Å². The second-order valence-corrected chi connectivity index (χ2v) is 25.7. The largest absolute Gasteiger partial charge is 0.496 e. The third-order valence-corrected chi connectivity index (χ3v) is 19.4. The van der Waals surface area contributed by atoms with Crippen molar-refractivity contribution < 1.29 is 57.3 Å². The third kappa shape index (κ3) is 11.0. The molecule has 1 fully saturated rings. The number of nitrogens with zero attached hydrogens (tertiary/aromatic N) is 5. The van der Waals surface area contributed by atoms with E-state index in [1.807, 2.05) is 32.6 Å². The minimum absolute atomic E-state index is 0.00548. The zero-order valence-corrected chi connectivity index (χ0v) is 54.6. The van der Waals surface area contributed by atoms with E-state index >= 15 is 0 Å². The van der Waals surface area contributed by atoms with Crippen LogP contribution >= 0.6 is 0 Å². The number of amides is 1. The van der Waals surface area contributed by atoms with Crippen LogP contribution in [0.2, 0.25) is 0 Å². The number of fused-ring (bicyclic) bond motifs is 13. The van der Waals surface area contributed by atoms with Gasteiger partial charge < -0.3 is 52.5 Å². The molecule has 1 saturated heterocycles. The molecule has 17 heteroatoms. The van der Waals surface area contributed by atoms with Gasteiger partial charge in [-0.2, -0.15) is 5.26 Å². The summed E-state index contributed by atoms with van der Waals surface area (Å²) in [4.78, 5) is 23.5. The van der Waals surface area contributed by atoms with E-state index in [2.05, 4.69) is 109 Å². The molecule has 7 aliphatic rings. The number of likely N-dealkylation sites (N-methyl/N-ethyl adjacent to an activating group) is 2. The first-order valence-electron chi connectivity index (χ1n) is 31.8. The van der Waals surface area contributed by atoms with Crippen LogP contribution in [-0.2, 0) is 30.4 Å². The van der Waals surface area contributed by atoms with Gasteiger partial charge in [0.15, 0.2) is 34.5 Å². The molecule has 17 nitrogen and oxygen atoms in total. The molecule has 1 amide bonds. The van der Waals surface area contributed by atoms with Gasteiger partial charge in [-0.25, -0.2) is 4.79 Å². The van der Waals surface area contributed by atoms with Crippen LogP contribution in [0.4, 0.5) is 4.79 Å². The lowest BCUT2D eigenvalue weighted by Gasteiger charge is -2.60. The zero-order chi connectivity index (χ0) is 62.5. The second kappa shape index (κ2) is 25.9. The van der Waals surface area contributed by atoms with Crippen LogP contribution in [0, 0.1) is 45.9 Å². The molecule has 87 heavy (non-hydrogen) atoms. The van der Waals surface area contributed by atoms with Gasteiger partial charge in [0, 0.05) is 63.1 Å². The normalized spacial score (nSPS) is 24.0.